The molecule has 0 aromatic heterocycles. The van der Waals surface area contributed by atoms with Gasteiger partial charge in [0.1, 0.15) is 22.8 Å². The Morgan fingerprint density at radius 1 is 1.04 bits per heavy atom. The number of hydrogen-bond acceptors (Lipinski definition) is 7. The molecule has 0 bridgehead atoms. The van der Waals surface area contributed by atoms with Gasteiger partial charge in [-0.1, -0.05) is 90.1 Å². The van der Waals surface area contributed by atoms with Crippen LogP contribution < -0.4 is 0 Å². The van der Waals surface area contributed by atoms with Gasteiger partial charge in [-0.25, -0.2) is 0 Å². The van der Waals surface area contributed by atoms with E-state index < -0.39 is 51.0 Å². The molecule has 0 spiro atoms. The molecular weight excluding hydrogens is 580 g/mol. The van der Waals surface area contributed by atoms with Crippen LogP contribution in [0.5, 0.6) is 5.75 Å². The Bertz CT molecular complexity index is 1730. The molecule has 3 aliphatic carbocycles. The van der Waals surface area contributed by atoms with Gasteiger partial charge in [-0.3, -0.25) is 14.4 Å². The van der Waals surface area contributed by atoms with E-state index >= 15 is 0 Å². The molecule has 4 atom stereocenters. The SMILES string of the molecule is C=C(CCc1ccccc1)Cc1cc(C(C)C)c2c(c1O)C(=O)C1=C(O)[C@@]3(O)C(=O)C(C(C)=O)=C(O)C(C(C)C)[C@@]3(C)C[C@@]1(C)C2. The monoisotopic (exact) mass is 626 g/mol. The fourth-order valence-corrected chi connectivity index (χ4v) is 8.86. The second-order valence-corrected chi connectivity index (χ2v) is 14.9. The molecule has 0 saturated carbocycles. The topological polar surface area (TPSA) is 132 Å². The van der Waals surface area contributed by atoms with E-state index in [1.807, 2.05) is 58.9 Å². The zero-order chi connectivity index (χ0) is 34.1. The van der Waals surface area contributed by atoms with Crippen LogP contribution in [-0.2, 0) is 28.9 Å². The van der Waals surface area contributed by atoms with E-state index in [0.717, 1.165) is 24.5 Å². The quantitative estimate of drug-likeness (QED) is 0.180. The number of aryl methyl sites for hydroxylation is 1. The number of allylic oxidation sites excluding steroid dienone is 3. The fraction of sp³-hybridized carbons (Fsp3) is 0.462. The molecule has 0 amide bonds. The zero-order valence-electron chi connectivity index (χ0n) is 28.0. The molecule has 7 nitrogen and oxygen atoms in total. The molecule has 244 valence electrons. The summed E-state index contributed by atoms with van der Waals surface area (Å²) < 4.78 is 0. The summed E-state index contributed by atoms with van der Waals surface area (Å²) in [6, 6.07) is 12.0. The smallest absolute Gasteiger partial charge is 0.209 e. The van der Waals surface area contributed by atoms with E-state index in [2.05, 4.69) is 18.7 Å². The Hall–Kier alpha value is -3.97. The van der Waals surface area contributed by atoms with Crippen LogP contribution in [0.15, 0.2) is 71.2 Å². The Morgan fingerprint density at radius 3 is 2.24 bits per heavy atom. The molecule has 7 heteroatoms. The second kappa shape index (κ2) is 11.4. The third kappa shape index (κ3) is 4.77. The van der Waals surface area contributed by atoms with Gasteiger partial charge >= 0.3 is 0 Å². The first-order chi connectivity index (χ1) is 21.4. The van der Waals surface area contributed by atoms with Gasteiger partial charge in [0.2, 0.25) is 5.78 Å². The second-order valence-electron chi connectivity index (χ2n) is 14.9. The van der Waals surface area contributed by atoms with Gasteiger partial charge in [0.15, 0.2) is 17.2 Å². The minimum absolute atomic E-state index is 0.00194. The predicted molar refractivity (Wildman–Crippen MR) is 177 cm³/mol. The van der Waals surface area contributed by atoms with Crippen LogP contribution in [0.2, 0.25) is 0 Å². The lowest BCUT2D eigenvalue weighted by Gasteiger charge is -2.59. The minimum Gasteiger partial charge on any atom is -0.511 e. The average Bonchev–Trinajstić information content (AvgIpc) is 2.95. The standard InChI is InChI=1S/C39H46O7/c1-20(2)26-17-25(16-22(5)14-15-24-12-10-9-11-13-24)32(41)29-27(26)18-37(7)19-38(8)30(21(3)4)33(42)28(23(6)40)35(44)39(38,46)36(45)31(37)34(29)43/h9-13,17,20-21,30,41-42,45-46H,5,14-16,18-19H2,1-4,6-8H3/t30?,37-,38-,39+/m1/s1. The largest absolute Gasteiger partial charge is 0.511 e. The van der Waals surface area contributed by atoms with E-state index in [1.54, 1.807) is 6.92 Å². The van der Waals surface area contributed by atoms with Crippen LogP contribution in [0.1, 0.15) is 99.8 Å². The fourth-order valence-electron chi connectivity index (χ4n) is 8.86. The van der Waals surface area contributed by atoms with Crippen LogP contribution in [0.4, 0.5) is 0 Å². The summed E-state index contributed by atoms with van der Waals surface area (Å²) >= 11 is 0. The van der Waals surface area contributed by atoms with Gasteiger partial charge in [0, 0.05) is 22.3 Å². The summed E-state index contributed by atoms with van der Waals surface area (Å²) in [5.74, 6) is -5.05. The van der Waals surface area contributed by atoms with Gasteiger partial charge < -0.3 is 20.4 Å². The lowest BCUT2D eigenvalue weighted by molar-refractivity contribution is -0.171. The lowest BCUT2D eigenvalue weighted by atomic mass is 9.44. The molecule has 0 saturated heterocycles. The number of rotatable bonds is 8. The Kier molecular flexibility index (Phi) is 8.26. The van der Waals surface area contributed by atoms with Gasteiger partial charge in [0.05, 0.1) is 5.56 Å². The highest BCUT2D eigenvalue weighted by Crippen LogP contribution is 2.65. The van der Waals surface area contributed by atoms with Crippen LogP contribution in [0, 0.1) is 22.7 Å². The van der Waals surface area contributed by atoms with Gasteiger partial charge in [0.25, 0.3) is 0 Å². The van der Waals surface area contributed by atoms with Crippen molar-refractivity contribution in [2.24, 2.45) is 22.7 Å². The van der Waals surface area contributed by atoms with Crippen molar-refractivity contribution in [3.05, 3.63) is 99.0 Å². The molecule has 5 rings (SSSR count). The molecule has 2 aromatic carbocycles. The first-order valence-corrected chi connectivity index (χ1v) is 16.2. The van der Waals surface area contributed by atoms with Crippen LogP contribution in [-0.4, -0.2) is 43.4 Å². The summed E-state index contributed by atoms with van der Waals surface area (Å²) in [7, 11) is 0. The van der Waals surface area contributed by atoms with Gasteiger partial charge in [-0.2, -0.15) is 0 Å². The molecule has 2 aromatic rings. The van der Waals surface area contributed by atoms with E-state index in [-0.39, 0.29) is 47.3 Å². The maximum Gasteiger partial charge on any atom is 0.209 e. The zero-order valence-corrected chi connectivity index (χ0v) is 28.0. The Morgan fingerprint density at radius 2 is 1.67 bits per heavy atom. The maximum absolute atomic E-state index is 14.6. The number of aromatic hydroxyl groups is 1. The predicted octanol–water partition coefficient (Wildman–Crippen LogP) is 7.20. The summed E-state index contributed by atoms with van der Waals surface area (Å²) in [4.78, 5) is 41.2. The first kappa shape index (κ1) is 33.4. The third-order valence-corrected chi connectivity index (χ3v) is 10.8. The molecule has 0 radical (unpaired) electrons. The van der Waals surface area contributed by atoms with Crippen molar-refractivity contribution in [3.63, 3.8) is 0 Å². The minimum atomic E-state index is -2.63. The summed E-state index contributed by atoms with van der Waals surface area (Å²) in [5.41, 5.74) is -1.55. The van der Waals surface area contributed by atoms with Crippen molar-refractivity contribution in [2.75, 3.05) is 0 Å². The van der Waals surface area contributed by atoms with Crippen molar-refractivity contribution in [3.8, 4) is 5.75 Å². The van der Waals surface area contributed by atoms with Gasteiger partial charge in [-0.15, -0.1) is 0 Å². The lowest BCUT2D eigenvalue weighted by Crippen LogP contribution is -2.67. The van der Waals surface area contributed by atoms with E-state index in [0.29, 0.717) is 24.0 Å². The van der Waals surface area contributed by atoms with Crippen LogP contribution in [0.25, 0.3) is 0 Å². The van der Waals surface area contributed by atoms with E-state index in [4.69, 9.17) is 0 Å². The molecule has 3 aliphatic rings. The Labute approximate surface area is 271 Å². The number of phenols is 1. The highest BCUT2D eigenvalue weighted by molar-refractivity contribution is 6.25. The van der Waals surface area contributed by atoms with Crippen molar-refractivity contribution >= 4 is 17.3 Å². The summed E-state index contributed by atoms with van der Waals surface area (Å²) in [6.45, 7) is 16.6. The number of carbonyl (C=O) groups is 3. The van der Waals surface area contributed by atoms with Crippen molar-refractivity contribution in [1.29, 1.82) is 0 Å². The van der Waals surface area contributed by atoms with Crippen LogP contribution in [0.3, 0.4) is 0 Å². The highest BCUT2D eigenvalue weighted by Gasteiger charge is 2.71. The number of Topliss-reactive ketones (excluding diaryl/α,β-unsaturated/α-hetero) is 3. The normalized spacial score (nSPS) is 27.6. The first-order valence-electron chi connectivity index (χ1n) is 16.2. The third-order valence-electron chi connectivity index (χ3n) is 10.8. The molecule has 46 heavy (non-hydrogen) atoms. The highest BCUT2D eigenvalue weighted by atomic mass is 16.3. The number of aliphatic hydroxyl groups excluding tert-OH is 2. The average molecular weight is 627 g/mol. The van der Waals surface area contributed by atoms with Gasteiger partial charge in [-0.05, 0) is 73.1 Å². The van der Waals surface area contributed by atoms with E-state index in [1.165, 1.54) is 5.56 Å². The Balaban J connectivity index is 1.66. The number of aliphatic hydroxyl groups is 3. The van der Waals surface area contributed by atoms with Crippen LogP contribution >= 0.6 is 0 Å². The maximum atomic E-state index is 14.6. The molecule has 0 aliphatic heterocycles. The number of fused-ring (bicyclic) bond motifs is 3. The molecule has 0 heterocycles. The molecule has 0 fully saturated rings. The number of carbonyl (C=O) groups excluding carboxylic acids is 3. The molecule has 4 N–H and O–H groups in total. The number of phenolic OH excluding ortho intramolecular Hbond substituents is 1. The molecule has 1 unspecified atom stereocenters. The van der Waals surface area contributed by atoms with Crippen molar-refractivity contribution in [2.45, 2.75) is 92.1 Å². The van der Waals surface area contributed by atoms with Crippen molar-refractivity contribution in [1.82, 2.24) is 0 Å². The number of hydrogen-bond donors (Lipinski definition) is 4. The number of benzene rings is 2. The van der Waals surface area contributed by atoms with E-state index in [9.17, 15) is 34.8 Å². The molecular formula is C39H46O7. The summed E-state index contributed by atoms with van der Waals surface area (Å²) in [5, 5.41) is 47.3. The van der Waals surface area contributed by atoms with Crippen molar-refractivity contribution < 1.29 is 34.8 Å². The number of ketones is 3. The summed E-state index contributed by atoms with van der Waals surface area (Å²) in [6.07, 6.45) is 2.16.